The first-order valence-corrected chi connectivity index (χ1v) is 14.4. The molecule has 0 saturated heterocycles. The Kier molecular flexibility index (Phi) is 12.6. The molecule has 0 saturated carbocycles. The smallest absolute Gasteiger partial charge is 0.213 e. The molecule has 0 fully saturated rings. The lowest BCUT2D eigenvalue weighted by Crippen LogP contribution is -2.31. The molecule has 0 amide bonds. The number of aliphatic imine (C=N–C) groups is 1. The minimum atomic E-state index is 0.314. The maximum atomic E-state index is 4.36. The van der Waals surface area contributed by atoms with Gasteiger partial charge in [0.2, 0.25) is 5.69 Å². The molecule has 2 nitrogen and oxygen atoms in total. The molecule has 3 aromatic rings. The molecule has 40 heavy (non-hydrogen) atoms. The quantitative estimate of drug-likeness (QED) is 0.106. The zero-order valence-electron chi connectivity index (χ0n) is 24.8. The maximum Gasteiger partial charge on any atom is 0.213 e. The average molecular weight is 528 g/mol. The van der Waals surface area contributed by atoms with Crippen molar-refractivity contribution >= 4 is 5.71 Å². The van der Waals surface area contributed by atoms with Gasteiger partial charge in [-0.15, -0.1) is 5.92 Å². The fourth-order valence-electron chi connectivity index (χ4n) is 4.72. The predicted molar refractivity (Wildman–Crippen MR) is 173 cm³/mol. The van der Waals surface area contributed by atoms with Gasteiger partial charge in [0, 0.05) is 29.1 Å². The molecule has 1 aliphatic heterocycles. The van der Waals surface area contributed by atoms with Gasteiger partial charge in [-0.2, -0.15) is 4.57 Å². The van der Waals surface area contributed by atoms with Crippen LogP contribution in [0.25, 0.3) is 22.4 Å². The van der Waals surface area contributed by atoms with E-state index in [-0.39, 0.29) is 0 Å². The number of hydrogen-bond donors (Lipinski definition) is 0. The second-order valence-electron chi connectivity index (χ2n) is 9.67. The van der Waals surface area contributed by atoms with Crippen molar-refractivity contribution in [2.24, 2.45) is 10.9 Å². The fourth-order valence-corrected chi connectivity index (χ4v) is 4.72. The number of rotatable bonds is 5. The SMILES string of the molecule is CC#CC1CC=CC=C1C(C)=N/C=C\C.CCC=CCC.c1ccc(-c2ccc3[n+](c2)Cc2ccccc2-3)cc1. The molecule has 1 aromatic heterocycles. The van der Waals surface area contributed by atoms with Crippen LogP contribution in [0, 0.1) is 17.8 Å². The van der Waals surface area contributed by atoms with E-state index in [0.717, 1.165) is 18.7 Å². The molecule has 1 aliphatic carbocycles. The molecule has 5 rings (SSSR count). The van der Waals surface area contributed by atoms with Crippen molar-refractivity contribution in [3.05, 3.63) is 127 Å². The first-order chi connectivity index (χ1) is 19.6. The van der Waals surface area contributed by atoms with E-state index in [4.69, 9.17) is 0 Å². The van der Waals surface area contributed by atoms with Crippen LogP contribution in [0.2, 0.25) is 0 Å². The van der Waals surface area contributed by atoms with Gasteiger partial charge >= 0.3 is 0 Å². The van der Waals surface area contributed by atoms with Crippen molar-refractivity contribution in [3.8, 4) is 34.2 Å². The van der Waals surface area contributed by atoms with E-state index in [1.807, 2.05) is 33.0 Å². The van der Waals surface area contributed by atoms with Gasteiger partial charge < -0.3 is 0 Å². The van der Waals surface area contributed by atoms with E-state index in [1.54, 1.807) is 0 Å². The first-order valence-electron chi connectivity index (χ1n) is 14.4. The van der Waals surface area contributed by atoms with Gasteiger partial charge in [0.1, 0.15) is 0 Å². The van der Waals surface area contributed by atoms with Gasteiger partial charge in [-0.1, -0.05) is 105 Å². The molecule has 0 spiro atoms. The number of hydrogen-bond acceptors (Lipinski definition) is 1. The van der Waals surface area contributed by atoms with Gasteiger partial charge in [-0.25, -0.2) is 0 Å². The fraction of sp³-hybridized carbons (Fsp3) is 0.263. The lowest BCUT2D eigenvalue weighted by Gasteiger charge is -2.15. The number of nitrogens with zero attached hydrogens (tertiary/aromatic N) is 2. The van der Waals surface area contributed by atoms with E-state index >= 15 is 0 Å². The Balaban J connectivity index is 0.000000188. The van der Waals surface area contributed by atoms with Crippen molar-refractivity contribution in [1.29, 1.82) is 0 Å². The lowest BCUT2D eigenvalue weighted by molar-refractivity contribution is -0.671. The molecular weight excluding hydrogens is 484 g/mol. The zero-order chi connectivity index (χ0) is 28.6. The average Bonchev–Trinajstić information content (AvgIpc) is 3.38. The third-order valence-corrected chi connectivity index (χ3v) is 6.72. The number of aromatic nitrogens is 1. The van der Waals surface area contributed by atoms with Crippen LogP contribution >= 0.6 is 0 Å². The largest absolute Gasteiger partial charge is 0.262 e. The van der Waals surface area contributed by atoms with Crippen LogP contribution in [-0.2, 0) is 6.54 Å². The summed E-state index contributed by atoms with van der Waals surface area (Å²) < 4.78 is 2.34. The summed E-state index contributed by atoms with van der Waals surface area (Å²) in [5, 5.41) is 0. The summed E-state index contributed by atoms with van der Waals surface area (Å²) >= 11 is 0. The number of allylic oxidation sites excluding steroid dienone is 7. The lowest BCUT2D eigenvalue weighted by atomic mass is 9.89. The van der Waals surface area contributed by atoms with Gasteiger partial charge in [0.25, 0.3) is 0 Å². The van der Waals surface area contributed by atoms with Gasteiger partial charge in [0.05, 0.1) is 11.5 Å². The highest BCUT2D eigenvalue weighted by Gasteiger charge is 2.25. The Morgan fingerprint density at radius 2 is 1.68 bits per heavy atom. The van der Waals surface area contributed by atoms with E-state index in [1.165, 1.54) is 46.4 Å². The number of fused-ring (bicyclic) bond motifs is 3. The van der Waals surface area contributed by atoms with Crippen LogP contribution in [0.5, 0.6) is 0 Å². The highest BCUT2D eigenvalue weighted by atomic mass is 15.0. The van der Waals surface area contributed by atoms with Gasteiger partial charge in [-0.05, 0) is 63.3 Å². The molecule has 1 unspecified atom stereocenters. The van der Waals surface area contributed by atoms with Crippen molar-refractivity contribution in [2.75, 3.05) is 0 Å². The molecule has 0 N–H and O–H groups in total. The Morgan fingerprint density at radius 3 is 2.38 bits per heavy atom. The normalized spacial score (nSPS) is 15.2. The summed E-state index contributed by atoms with van der Waals surface area (Å²) in [7, 11) is 0. The van der Waals surface area contributed by atoms with Crippen molar-refractivity contribution < 1.29 is 4.57 Å². The van der Waals surface area contributed by atoms with Crippen LogP contribution in [-0.4, -0.2) is 5.71 Å². The second kappa shape index (κ2) is 16.7. The maximum absolute atomic E-state index is 4.36. The molecule has 204 valence electrons. The Hall–Kier alpha value is -4.22. The van der Waals surface area contributed by atoms with E-state index < -0.39 is 0 Å². The van der Waals surface area contributed by atoms with Crippen LogP contribution in [0.1, 0.15) is 59.4 Å². The van der Waals surface area contributed by atoms with Crippen LogP contribution in [0.4, 0.5) is 0 Å². The third kappa shape index (κ3) is 8.65. The Morgan fingerprint density at radius 1 is 0.950 bits per heavy atom. The molecular formula is C38H43N2+. The number of benzene rings is 2. The second-order valence-corrected chi connectivity index (χ2v) is 9.67. The molecule has 2 heterocycles. The van der Waals surface area contributed by atoms with Crippen LogP contribution in [0.15, 0.2) is 126 Å². The standard InChI is InChI=1S/C18H14N.C14H17N.C6H12/c1-2-6-14(7-3-1)15-10-11-18-17-9-5-4-8-16(17)13-19(18)12-15;1-4-8-13-9-6-7-10-14(13)12(3)15-11-5-2;1-3-5-6-4-2/h1-12H,13H2;5-7,10-11,13H,9H2,1-3H3;5-6H,3-4H2,1-2H3/q+1;;/b;11-5-,15-12?;. The molecule has 2 aromatic carbocycles. The minimum absolute atomic E-state index is 0.314. The zero-order valence-corrected chi connectivity index (χ0v) is 24.8. The van der Waals surface area contributed by atoms with Crippen molar-refractivity contribution in [1.82, 2.24) is 0 Å². The Labute approximate surface area is 242 Å². The van der Waals surface area contributed by atoms with Crippen molar-refractivity contribution in [2.45, 2.75) is 60.4 Å². The molecule has 0 bridgehead atoms. The molecule has 2 heteroatoms. The van der Waals surface area contributed by atoms with Gasteiger partial charge in [0.15, 0.2) is 12.7 Å². The third-order valence-electron chi connectivity index (χ3n) is 6.72. The monoisotopic (exact) mass is 527 g/mol. The topological polar surface area (TPSA) is 16.2 Å². The predicted octanol–water partition coefficient (Wildman–Crippen LogP) is 9.54. The van der Waals surface area contributed by atoms with E-state index in [2.05, 4.69) is 139 Å². The van der Waals surface area contributed by atoms with Gasteiger partial charge in [-0.3, -0.25) is 4.99 Å². The van der Waals surface area contributed by atoms with E-state index in [0.29, 0.717) is 5.92 Å². The van der Waals surface area contributed by atoms with E-state index in [9.17, 15) is 0 Å². The highest BCUT2D eigenvalue weighted by Crippen LogP contribution is 2.28. The van der Waals surface area contributed by atoms with Crippen molar-refractivity contribution in [3.63, 3.8) is 0 Å². The summed E-state index contributed by atoms with van der Waals surface area (Å²) in [6.45, 7) is 11.2. The molecule has 2 aliphatic rings. The first kappa shape index (κ1) is 30.3. The summed E-state index contributed by atoms with van der Waals surface area (Å²) in [6, 6.07) is 23.6. The molecule has 0 radical (unpaired) electrons. The van der Waals surface area contributed by atoms with Crippen LogP contribution < -0.4 is 4.57 Å². The number of pyridine rings is 1. The van der Waals surface area contributed by atoms with Crippen LogP contribution in [0.3, 0.4) is 0 Å². The highest BCUT2D eigenvalue weighted by molar-refractivity contribution is 6.00. The summed E-state index contributed by atoms with van der Waals surface area (Å²) in [5.41, 5.74) is 8.94. The minimum Gasteiger partial charge on any atom is -0.262 e. The Bertz CT molecular complexity index is 1430. The molecule has 1 atom stereocenters. The summed E-state index contributed by atoms with van der Waals surface area (Å²) in [6.07, 6.45) is 20.1. The summed E-state index contributed by atoms with van der Waals surface area (Å²) in [4.78, 5) is 4.36. The summed E-state index contributed by atoms with van der Waals surface area (Å²) in [5.74, 6) is 6.51.